The quantitative estimate of drug-likeness (QED) is 0.640. The number of likely N-dealkylation sites (N-methyl/N-ethyl adjacent to an activating group) is 1. The van der Waals surface area contributed by atoms with Crippen molar-refractivity contribution in [3.05, 3.63) is 24.4 Å². The molecule has 0 bridgehead atoms. The van der Waals surface area contributed by atoms with Gasteiger partial charge in [0.05, 0.1) is 18.6 Å². The molecule has 14 heavy (non-hydrogen) atoms. The zero-order valence-electron chi connectivity index (χ0n) is 8.93. The molecule has 0 aromatic heterocycles. The molecule has 2 atom stereocenters. The molecule has 2 unspecified atom stereocenters. The van der Waals surface area contributed by atoms with E-state index in [1.165, 1.54) is 0 Å². The Kier molecular flexibility index (Phi) is 3.74. The molecule has 1 aliphatic rings. The van der Waals surface area contributed by atoms with Crippen molar-refractivity contribution in [2.24, 2.45) is 5.92 Å². The van der Waals surface area contributed by atoms with E-state index in [4.69, 9.17) is 4.74 Å². The van der Waals surface area contributed by atoms with Gasteiger partial charge in [-0.25, -0.2) is 0 Å². The number of allylic oxidation sites excluding steroid dienone is 2. The van der Waals surface area contributed by atoms with Crippen LogP contribution in [-0.2, 0) is 9.53 Å². The maximum atomic E-state index is 11.5. The third-order valence-corrected chi connectivity index (χ3v) is 2.38. The van der Waals surface area contributed by atoms with Crippen molar-refractivity contribution in [1.29, 1.82) is 0 Å². The van der Waals surface area contributed by atoms with Crippen molar-refractivity contribution in [2.75, 3.05) is 13.7 Å². The molecule has 3 nitrogen and oxygen atoms in total. The van der Waals surface area contributed by atoms with Gasteiger partial charge in [-0.15, -0.1) is 0 Å². The van der Waals surface area contributed by atoms with Crippen LogP contribution >= 0.6 is 0 Å². The van der Waals surface area contributed by atoms with Crippen molar-refractivity contribution < 1.29 is 9.53 Å². The molecule has 0 amide bonds. The van der Waals surface area contributed by atoms with E-state index in [1.807, 2.05) is 50.2 Å². The van der Waals surface area contributed by atoms with Gasteiger partial charge in [0.15, 0.2) is 0 Å². The summed E-state index contributed by atoms with van der Waals surface area (Å²) >= 11 is 0. The van der Waals surface area contributed by atoms with Crippen LogP contribution in [0.4, 0.5) is 0 Å². The minimum Gasteiger partial charge on any atom is -0.466 e. The second-order valence-electron chi connectivity index (χ2n) is 3.42. The fourth-order valence-corrected chi connectivity index (χ4v) is 1.53. The molecule has 0 aliphatic carbocycles. The molecule has 1 aliphatic heterocycles. The molecule has 0 aromatic rings. The molecular weight excluding hydrogens is 178 g/mol. The zero-order chi connectivity index (χ0) is 10.6. The summed E-state index contributed by atoms with van der Waals surface area (Å²) in [5, 5.41) is 0. The van der Waals surface area contributed by atoms with Crippen molar-refractivity contribution in [2.45, 2.75) is 19.9 Å². The van der Waals surface area contributed by atoms with E-state index in [0.29, 0.717) is 6.61 Å². The lowest BCUT2D eigenvalue weighted by atomic mass is 9.99. The minimum atomic E-state index is -0.135. The molecule has 0 fully saturated rings. The molecule has 0 spiro atoms. The number of carbonyl (C=O) groups excluding carboxylic acids is 1. The van der Waals surface area contributed by atoms with Gasteiger partial charge >= 0.3 is 5.97 Å². The number of carbonyl (C=O) groups is 1. The van der Waals surface area contributed by atoms with E-state index in [9.17, 15) is 4.79 Å². The van der Waals surface area contributed by atoms with Gasteiger partial charge in [-0.1, -0.05) is 12.2 Å². The Morgan fingerprint density at radius 1 is 1.57 bits per heavy atom. The topological polar surface area (TPSA) is 29.5 Å². The van der Waals surface area contributed by atoms with Crippen LogP contribution in [0, 0.1) is 5.92 Å². The van der Waals surface area contributed by atoms with Gasteiger partial charge in [0.25, 0.3) is 0 Å². The Labute approximate surface area is 85.0 Å². The third-order valence-electron chi connectivity index (χ3n) is 2.38. The summed E-state index contributed by atoms with van der Waals surface area (Å²) < 4.78 is 4.98. The first kappa shape index (κ1) is 10.8. The van der Waals surface area contributed by atoms with Crippen molar-refractivity contribution in [1.82, 2.24) is 4.90 Å². The number of hydrogen-bond acceptors (Lipinski definition) is 3. The first-order valence-electron chi connectivity index (χ1n) is 4.90. The van der Waals surface area contributed by atoms with Gasteiger partial charge < -0.3 is 9.64 Å². The fourth-order valence-electron chi connectivity index (χ4n) is 1.53. The second-order valence-corrected chi connectivity index (χ2v) is 3.42. The highest BCUT2D eigenvalue weighted by atomic mass is 16.5. The molecule has 0 aromatic carbocycles. The summed E-state index contributed by atoms with van der Waals surface area (Å²) in [5.74, 6) is -0.259. The summed E-state index contributed by atoms with van der Waals surface area (Å²) in [7, 11) is 1.96. The van der Waals surface area contributed by atoms with E-state index < -0.39 is 0 Å². The van der Waals surface area contributed by atoms with Gasteiger partial charge in [-0.2, -0.15) is 0 Å². The molecule has 0 saturated heterocycles. The SMILES string of the molecule is CCOC(=O)C(C)C1C=CC=CN1C. The van der Waals surface area contributed by atoms with Crippen LogP contribution < -0.4 is 0 Å². The Bertz CT molecular complexity index is 258. The molecule has 78 valence electrons. The maximum absolute atomic E-state index is 11.5. The predicted molar refractivity (Wildman–Crippen MR) is 55.6 cm³/mol. The number of ether oxygens (including phenoxy) is 1. The third kappa shape index (κ3) is 2.37. The fraction of sp³-hybridized carbons (Fsp3) is 0.545. The average Bonchev–Trinajstić information content (AvgIpc) is 2.18. The van der Waals surface area contributed by atoms with E-state index in [2.05, 4.69) is 0 Å². The first-order valence-corrected chi connectivity index (χ1v) is 4.90. The zero-order valence-corrected chi connectivity index (χ0v) is 8.93. The summed E-state index contributed by atoms with van der Waals surface area (Å²) in [4.78, 5) is 13.5. The molecular formula is C11H17NO2. The monoisotopic (exact) mass is 195 g/mol. The van der Waals surface area contributed by atoms with Crippen LogP contribution in [0.5, 0.6) is 0 Å². The second kappa shape index (κ2) is 4.84. The van der Waals surface area contributed by atoms with Crippen molar-refractivity contribution in [3.8, 4) is 0 Å². The normalized spacial score (nSPS) is 22.2. The summed E-state index contributed by atoms with van der Waals surface area (Å²) in [6.07, 6.45) is 7.89. The predicted octanol–water partition coefficient (Wildman–Crippen LogP) is 1.57. The van der Waals surface area contributed by atoms with Gasteiger partial charge in [-0.3, -0.25) is 4.79 Å². The van der Waals surface area contributed by atoms with Crippen LogP contribution in [-0.4, -0.2) is 30.6 Å². The van der Waals surface area contributed by atoms with Crippen LogP contribution in [0.1, 0.15) is 13.8 Å². The number of esters is 1. The Morgan fingerprint density at radius 2 is 2.29 bits per heavy atom. The molecule has 1 rings (SSSR count). The van der Waals surface area contributed by atoms with E-state index in [-0.39, 0.29) is 17.9 Å². The van der Waals surface area contributed by atoms with Crippen LogP contribution in [0.25, 0.3) is 0 Å². The van der Waals surface area contributed by atoms with E-state index in [0.717, 1.165) is 0 Å². The van der Waals surface area contributed by atoms with Crippen LogP contribution in [0.3, 0.4) is 0 Å². The molecule has 3 heteroatoms. The summed E-state index contributed by atoms with van der Waals surface area (Å²) in [6.45, 7) is 4.16. The van der Waals surface area contributed by atoms with Gasteiger partial charge in [0.2, 0.25) is 0 Å². The Balaban J connectivity index is 2.60. The smallest absolute Gasteiger partial charge is 0.311 e. The van der Waals surface area contributed by atoms with Gasteiger partial charge in [-0.05, 0) is 26.1 Å². The van der Waals surface area contributed by atoms with E-state index >= 15 is 0 Å². The number of rotatable bonds is 3. The highest BCUT2D eigenvalue weighted by molar-refractivity contribution is 5.73. The summed E-state index contributed by atoms with van der Waals surface area (Å²) in [6, 6.07) is 0.110. The van der Waals surface area contributed by atoms with Crippen molar-refractivity contribution >= 4 is 5.97 Å². The highest BCUT2D eigenvalue weighted by Gasteiger charge is 2.25. The van der Waals surface area contributed by atoms with Crippen LogP contribution in [0.2, 0.25) is 0 Å². The van der Waals surface area contributed by atoms with Gasteiger partial charge in [0, 0.05) is 7.05 Å². The molecule has 0 radical (unpaired) electrons. The average molecular weight is 195 g/mol. The standard InChI is InChI=1S/C11H17NO2/c1-4-14-11(13)9(2)10-7-5-6-8-12(10)3/h5-10H,4H2,1-3H3. The van der Waals surface area contributed by atoms with E-state index in [1.54, 1.807) is 0 Å². The first-order chi connectivity index (χ1) is 6.66. The minimum absolute atomic E-state index is 0.110. The van der Waals surface area contributed by atoms with Gasteiger partial charge in [0.1, 0.15) is 0 Å². The largest absolute Gasteiger partial charge is 0.466 e. The maximum Gasteiger partial charge on any atom is 0.311 e. The van der Waals surface area contributed by atoms with Crippen LogP contribution in [0.15, 0.2) is 24.4 Å². The number of hydrogen-bond donors (Lipinski definition) is 0. The number of nitrogens with zero attached hydrogens (tertiary/aromatic N) is 1. The highest BCUT2D eigenvalue weighted by Crippen LogP contribution is 2.16. The molecule has 0 N–H and O–H groups in total. The lowest BCUT2D eigenvalue weighted by molar-refractivity contribution is -0.148. The Morgan fingerprint density at radius 3 is 2.86 bits per heavy atom. The summed E-state index contributed by atoms with van der Waals surface area (Å²) in [5.41, 5.74) is 0. The lowest BCUT2D eigenvalue weighted by Gasteiger charge is -2.29. The molecule has 0 saturated carbocycles. The molecule has 1 heterocycles. The lowest BCUT2D eigenvalue weighted by Crippen LogP contribution is -2.37. The Hall–Kier alpha value is -1.25. The van der Waals surface area contributed by atoms with Crippen molar-refractivity contribution in [3.63, 3.8) is 0 Å².